The second-order valence-corrected chi connectivity index (χ2v) is 5.10. The molecule has 1 saturated heterocycles. The van der Waals surface area contributed by atoms with E-state index in [0.717, 1.165) is 31.6 Å². The normalized spacial score (nSPS) is 18.1. The summed E-state index contributed by atoms with van der Waals surface area (Å²) >= 11 is 0. The second-order valence-electron chi connectivity index (χ2n) is 5.10. The molecule has 0 saturated carbocycles. The maximum atomic E-state index is 12.0. The topological polar surface area (TPSA) is 12.5 Å². The summed E-state index contributed by atoms with van der Waals surface area (Å²) in [5, 5.41) is 0. The van der Waals surface area contributed by atoms with Gasteiger partial charge in [0.15, 0.2) is 0 Å². The van der Waals surface area contributed by atoms with Crippen LogP contribution in [0.2, 0.25) is 0 Å². The van der Waals surface area contributed by atoms with Gasteiger partial charge in [0.25, 0.3) is 0 Å². The van der Waals surface area contributed by atoms with Crippen molar-refractivity contribution in [3.63, 3.8) is 0 Å². The highest BCUT2D eigenvalue weighted by molar-refractivity contribution is 5.52. The fraction of sp³-hybridized carbons (Fsp3) is 0.571. The lowest BCUT2D eigenvalue weighted by molar-refractivity contribution is -0.274. The van der Waals surface area contributed by atoms with Crippen molar-refractivity contribution in [1.29, 1.82) is 0 Å². The molecule has 106 valence electrons. The summed E-state index contributed by atoms with van der Waals surface area (Å²) in [6.07, 6.45) is -2.36. The summed E-state index contributed by atoms with van der Waals surface area (Å²) in [4.78, 5) is 2.18. The monoisotopic (exact) mass is 273 g/mol. The van der Waals surface area contributed by atoms with Gasteiger partial charge in [0.05, 0.1) is 0 Å². The molecule has 2 nitrogen and oxygen atoms in total. The van der Waals surface area contributed by atoms with Crippen LogP contribution in [0.5, 0.6) is 5.75 Å². The van der Waals surface area contributed by atoms with E-state index in [0.29, 0.717) is 5.41 Å². The van der Waals surface area contributed by atoms with Gasteiger partial charge in [0, 0.05) is 24.2 Å². The summed E-state index contributed by atoms with van der Waals surface area (Å²) in [7, 11) is 0. The zero-order valence-electron chi connectivity index (χ0n) is 11.1. The van der Waals surface area contributed by atoms with Crippen LogP contribution < -0.4 is 9.64 Å². The van der Waals surface area contributed by atoms with Crippen LogP contribution in [0.4, 0.5) is 18.9 Å². The minimum absolute atomic E-state index is 0.172. The Morgan fingerprint density at radius 1 is 1.11 bits per heavy atom. The van der Waals surface area contributed by atoms with Crippen molar-refractivity contribution >= 4 is 5.69 Å². The molecular formula is C14H18F3NO. The molecule has 5 heteroatoms. The predicted molar refractivity (Wildman–Crippen MR) is 68.4 cm³/mol. The average molecular weight is 273 g/mol. The molecule has 2 rings (SSSR count). The molecule has 1 aliphatic rings. The Labute approximate surface area is 111 Å². The molecule has 1 aromatic carbocycles. The molecule has 19 heavy (non-hydrogen) atoms. The summed E-state index contributed by atoms with van der Waals surface area (Å²) in [5.74, 6) is -0.172. The molecule has 0 spiro atoms. The number of hydrogen-bond acceptors (Lipinski definition) is 2. The van der Waals surface area contributed by atoms with E-state index < -0.39 is 6.36 Å². The van der Waals surface area contributed by atoms with Crippen LogP contribution in [0, 0.1) is 5.41 Å². The van der Waals surface area contributed by atoms with Gasteiger partial charge in [-0.25, -0.2) is 0 Å². The Morgan fingerprint density at radius 2 is 1.63 bits per heavy atom. The first-order valence-corrected chi connectivity index (χ1v) is 6.48. The van der Waals surface area contributed by atoms with Crippen LogP contribution in [0.15, 0.2) is 24.3 Å². The van der Waals surface area contributed by atoms with Crippen molar-refractivity contribution in [2.24, 2.45) is 5.41 Å². The summed E-state index contributed by atoms with van der Waals surface area (Å²) in [6.45, 7) is 6.31. The highest BCUT2D eigenvalue weighted by atomic mass is 19.4. The fourth-order valence-corrected chi connectivity index (χ4v) is 2.50. The van der Waals surface area contributed by atoms with Crippen LogP contribution in [0.25, 0.3) is 0 Å². The number of nitrogens with zero attached hydrogens (tertiary/aromatic N) is 1. The van der Waals surface area contributed by atoms with Gasteiger partial charge in [-0.2, -0.15) is 0 Å². The molecule has 0 amide bonds. The van der Waals surface area contributed by atoms with Gasteiger partial charge in [0.2, 0.25) is 0 Å². The Balaban J connectivity index is 1.97. The zero-order valence-corrected chi connectivity index (χ0v) is 11.1. The highest BCUT2D eigenvalue weighted by Gasteiger charge is 2.39. The molecule has 0 bridgehead atoms. The van der Waals surface area contributed by atoms with Crippen molar-refractivity contribution in [2.75, 3.05) is 18.0 Å². The molecule has 1 fully saturated rings. The van der Waals surface area contributed by atoms with E-state index in [1.54, 1.807) is 12.1 Å². The quantitative estimate of drug-likeness (QED) is 0.814. The molecule has 0 N–H and O–H groups in total. The lowest BCUT2D eigenvalue weighted by Crippen LogP contribution is -2.55. The van der Waals surface area contributed by atoms with E-state index in [2.05, 4.69) is 23.5 Å². The molecule has 0 aliphatic carbocycles. The van der Waals surface area contributed by atoms with Gasteiger partial charge in [-0.15, -0.1) is 13.2 Å². The third kappa shape index (κ3) is 3.14. The number of alkyl halides is 3. The van der Waals surface area contributed by atoms with Gasteiger partial charge in [-0.1, -0.05) is 13.8 Å². The van der Waals surface area contributed by atoms with E-state index in [1.165, 1.54) is 12.1 Å². The lowest BCUT2D eigenvalue weighted by Gasteiger charge is -2.51. The van der Waals surface area contributed by atoms with Crippen LogP contribution in [0.3, 0.4) is 0 Å². The molecule has 1 aromatic rings. The van der Waals surface area contributed by atoms with E-state index in [4.69, 9.17) is 0 Å². The maximum Gasteiger partial charge on any atom is 0.573 e. The van der Waals surface area contributed by atoms with Gasteiger partial charge in [-0.3, -0.25) is 0 Å². The van der Waals surface area contributed by atoms with Crippen molar-refractivity contribution in [3.05, 3.63) is 24.3 Å². The fourth-order valence-electron chi connectivity index (χ4n) is 2.50. The standard InChI is InChI=1S/C14H18F3NO/c1-3-13(4-2)9-18(10-13)11-5-7-12(8-6-11)19-14(15,16)17/h5-8H,3-4,9-10H2,1-2H3. The summed E-state index contributed by atoms with van der Waals surface area (Å²) in [6, 6.07) is 6.08. The van der Waals surface area contributed by atoms with Crippen LogP contribution in [-0.4, -0.2) is 19.5 Å². The molecule has 0 unspecified atom stereocenters. The third-order valence-corrected chi connectivity index (χ3v) is 3.99. The first-order chi connectivity index (χ1) is 8.87. The van der Waals surface area contributed by atoms with Crippen molar-refractivity contribution in [3.8, 4) is 5.75 Å². The summed E-state index contributed by atoms with van der Waals surface area (Å²) in [5.41, 5.74) is 1.33. The van der Waals surface area contributed by atoms with Crippen molar-refractivity contribution < 1.29 is 17.9 Å². The number of rotatable bonds is 4. The molecule has 0 atom stereocenters. The Kier molecular flexibility index (Phi) is 3.65. The Hall–Kier alpha value is -1.39. The van der Waals surface area contributed by atoms with Gasteiger partial charge < -0.3 is 9.64 Å². The number of ether oxygens (including phenoxy) is 1. The van der Waals surface area contributed by atoms with Gasteiger partial charge >= 0.3 is 6.36 Å². The minimum atomic E-state index is -4.63. The number of anilines is 1. The van der Waals surface area contributed by atoms with Crippen LogP contribution >= 0.6 is 0 Å². The molecule has 0 radical (unpaired) electrons. The lowest BCUT2D eigenvalue weighted by atomic mass is 9.75. The first kappa shape index (κ1) is 14.0. The number of benzene rings is 1. The van der Waals surface area contributed by atoms with Crippen LogP contribution in [0.1, 0.15) is 26.7 Å². The van der Waals surface area contributed by atoms with Crippen LogP contribution in [-0.2, 0) is 0 Å². The first-order valence-electron chi connectivity index (χ1n) is 6.48. The van der Waals surface area contributed by atoms with E-state index in [1.807, 2.05) is 0 Å². The molecule has 1 aliphatic heterocycles. The van der Waals surface area contributed by atoms with E-state index >= 15 is 0 Å². The Morgan fingerprint density at radius 3 is 2.05 bits per heavy atom. The number of hydrogen-bond donors (Lipinski definition) is 0. The molecular weight excluding hydrogens is 255 g/mol. The summed E-state index contributed by atoms with van der Waals surface area (Å²) < 4.78 is 40.0. The molecule has 0 aromatic heterocycles. The van der Waals surface area contributed by atoms with E-state index in [9.17, 15) is 13.2 Å². The second kappa shape index (κ2) is 4.94. The SMILES string of the molecule is CCC1(CC)CN(c2ccc(OC(F)(F)F)cc2)C1. The molecule has 1 heterocycles. The largest absolute Gasteiger partial charge is 0.573 e. The maximum absolute atomic E-state index is 12.0. The average Bonchev–Trinajstić information content (AvgIpc) is 2.29. The predicted octanol–water partition coefficient (Wildman–Crippen LogP) is 4.21. The van der Waals surface area contributed by atoms with Gasteiger partial charge in [0.1, 0.15) is 5.75 Å². The smallest absolute Gasteiger partial charge is 0.406 e. The van der Waals surface area contributed by atoms with Crippen molar-refractivity contribution in [1.82, 2.24) is 0 Å². The highest BCUT2D eigenvalue weighted by Crippen LogP contribution is 2.40. The van der Waals surface area contributed by atoms with Gasteiger partial charge in [-0.05, 0) is 37.1 Å². The Bertz CT molecular complexity index is 415. The third-order valence-electron chi connectivity index (χ3n) is 3.99. The minimum Gasteiger partial charge on any atom is -0.406 e. The number of halogens is 3. The zero-order chi connectivity index (χ0) is 14.1. The van der Waals surface area contributed by atoms with E-state index in [-0.39, 0.29) is 5.75 Å². The van der Waals surface area contributed by atoms with Crippen molar-refractivity contribution in [2.45, 2.75) is 33.1 Å².